The van der Waals surface area contributed by atoms with Crippen molar-refractivity contribution in [1.82, 2.24) is 10.2 Å². The van der Waals surface area contributed by atoms with E-state index in [4.69, 9.17) is 0 Å². The molecule has 0 aromatic heterocycles. The second kappa shape index (κ2) is 12.1. The molecule has 0 aliphatic carbocycles. The summed E-state index contributed by atoms with van der Waals surface area (Å²) in [5, 5.41) is 2.75. The van der Waals surface area contributed by atoms with Gasteiger partial charge in [0.05, 0.1) is 5.75 Å². The van der Waals surface area contributed by atoms with Crippen molar-refractivity contribution in [3.63, 3.8) is 0 Å². The highest BCUT2D eigenvalue weighted by molar-refractivity contribution is 7.99. The first-order valence-corrected chi connectivity index (χ1v) is 11.9. The molecule has 1 atom stereocenters. The number of rotatable bonds is 10. The SMILES string of the molecule is CNC(=O)C(Cc1ccccc1)N(Cc1ccccc1)C(=O)CSCc1cccc(C)c1. The van der Waals surface area contributed by atoms with E-state index in [-0.39, 0.29) is 11.8 Å². The van der Waals surface area contributed by atoms with Gasteiger partial charge in [-0.05, 0) is 23.6 Å². The number of likely N-dealkylation sites (N-methyl/N-ethyl adjacent to an activating group) is 1. The number of carbonyl (C=O) groups excluding carboxylic acids is 2. The Bertz CT molecular complexity index is 1010. The topological polar surface area (TPSA) is 49.4 Å². The average Bonchev–Trinajstić information content (AvgIpc) is 2.82. The van der Waals surface area contributed by atoms with Crippen LogP contribution in [0.15, 0.2) is 84.9 Å². The zero-order valence-corrected chi connectivity index (χ0v) is 19.5. The Labute approximate surface area is 195 Å². The summed E-state index contributed by atoms with van der Waals surface area (Å²) in [5.74, 6) is 0.900. The molecule has 0 bridgehead atoms. The third-order valence-corrected chi connectivity index (χ3v) is 6.28. The Hall–Kier alpha value is -3.05. The van der Waals surface area contributed by atoms with E-state index in [0.717, 1.165) is 16.9 Å². The summed E-state index contributed by atoms with van der Waals surface area (Å²) < 4.78 is 0. The molecule has 166 valence electrons. The van der Waals surface area contributed by atoms with Crippen molar-refractivity contribution in [1.29, 1.82) is 0 Å². The van der Waals surface area contributed by atoms with Crippen LogP contribution in [0.4, 0.5) is 0 Å². The molecule has 0 saturated heterocycles. The summed E-state index contributed by atoms with van der Waals surface area (Å²) in [5.41, 5.74) is 4.44. The predicted molar refractivity (Wildman–Crippen MR) is 132 cm³/mol. The van der Waals surface area contributed by atoms with Gasteiger partial charge in [-0.1, -0.05) is 90.5 Å². The molecule has 0 aliphatic heterocycles. The first kappa shape index (κ1) is 23.6. The highest BCUT2D eigenvalue weighted by Crippen LogP contribution is 2.19. The first-order valence-electron chi connectivity index (χ1n) is 10.8. The quantitative estimate of drug-likeness (QED) is 0.495. The van der Waals surface area contributed by atoms with Gasteiger partial charge in [0.2, 0.25) is 11.8 Å². The van der Waals surface area contributed by atoms with Crippen LogP contribution in [0.25, 0.3) is 0 Å². The van der Waals surface area contributed by atoms with E-state index in [1.165, 1.54) is 11.1 Å². The maximum absolute atomic E-state index is 13.4. The normalized spacial score (nSPS) is 11.6. The zero-order valence-electron chi connectivity index (χ0n) is 18.7. The fourth-order valence-corrected chi connectivity index (χ4v) is 4.50. The van der Waals surface area contributed by atoms with E-state index in [0.29, 0.717) is 18.7 Å². The van der Waals surface area contributed by atoms with Crippen LogP contribution in [0, 0.1) is 6.92 Å². The van der Waals surface area contributed by atoms with Gasteiger partial charge >= 0.3 is 0 Å². The van der Waals surface area contributed by atoms with Crippen LogP contribution in [0.1, 0.15) is 22.3 Å². The molecule has 0 radical (unpaired) electrons. The van der Waals surface area contributed by atoms with Gasteiger partial charge in [-0.3, -0.25) is 9.59 Å². The number of nitrogens with zero attached hydrogens (tertiary/aromatic N) is 1. The van der Waals surface area contributed by atoms with Crippen LogP contribution in [0.2, 0.25) is 0 Å². The second-order valence-electron chi connectivity index (χ2n) is 7.81. The van der Waals surface area contributed by atoms with Gasteiger partial charge in [-0.2, -0.15) is 0 Å². The molecule has 3 aromatic rings. The minimum Gasteiger partial charge on any atom is -0.357 e. The van der Waals surface area contributed by atoms with Crippen molar-refractivity contribution in [3.05, 3.63) is 107 Å². The van der Waals surface area contributed by atoms with Gasteiger partial charge in [-0.25, -0.2) is 0 Å². The van der Waals surface area contributed by atoms with E-state index in [9.17, 15) is 9.59 Å². The number of hydrogen-bond donors (Lipinski definition) is 1. The van der Waals surface area contributed by atoms with Gasteiger partial charge < -0.3 is 10.2 Å². The number of aryl methyl sites for hydroxylation is 1. The molecule has 4 nitrogen and oxygen atoms in total. The Morgan fingerprint density at radius 2 is 1.50 bits per heavy atom. The lowest BCUT2D eigenvalue weighted by molar-refractivity contribution is -0.139. The lowest BCUT2D eigenvalue weighted by atomic mass is 10.0. The van der Waals surface area contributed by atoms with E-state index in [1.807, 2.05) is 66.7 Å². The zero-order chi connectivity index (χ0) is 22.8. The van der Waals surface area contributed by atoms with E-state index < -0.39 is 6.04 Å². The Morgan fingerprint density at radius 3 is 2.12 bits per heavy atom. The maximum Gasteiger partial charge on any atom is 0.242 e. The second-order valence-corrected chi connectivity index (χ2v) is 8.79. The summed E-state index contributed by atoms with van der Waals surface area (Å²) in [6.45, 7) is 2.47. The number of benzene rings is 3. The first-order chi connectivity index (χ1) is 15.6. The average molecular weight is 447 g/mol. The molecular weight excluding hydrogens is 416 g/mol. The third-order valence-electron chi connectivity index (χ3n) is 5.29. The van der Waals surface area contributed by atoms with Crippen LogP contribution in [0.5, 0.6) is 0 Å². The van der Waals surface area contributed by atoms with Gasteiger partial charge in [-0.15, -0.1) is 11.8 Å². The molecule has 0 saturated carbocycles. The van der Waals surface area contributed by atoms with Gasteiger partial charge in [0, 0.05) is 25.8 Å². The monoisotopic (exact) mass is 446 g/mol. The van der Waals surface area contributed by atoms with Crippen LogP contribution < -0.4 is 5.32 Å². The van der Waals surface area contributed by atoms with Crippen molar-refractivity contribution in [2.45, 2.75) is 31.7 Å². The van der Waals surface area contributed by atoms with Gasteiger partial charge in [0.15, 0.2) is 0 Å². The summed E-state index contributed by atoms with van der Waals surface area (Å²) in [7, 11) is 1.62. The largest absolute Gasteiger partial charge is 0.357 e. The molecule has 32 heavy (non-hydrogen) atoms. The minimum absolute atomic E-state index is 0.0314. The molecule has 0 heterocycles. The molecule has 0 fully saturated rings. The molecule has 3 rings (SSSR count). The van der Waals surface area contributed by atoms with E-state index >= 15 is 0 Å². The Balaban J connectivity index is 1.78. The predicted octanol–water partition coefficient (Wildman–Crippen LogP) is 4.61. The van der Waals surface area contributed by atoms with Crippen LogP contribution in [0.3, 0.4) is 0 Å². The Morgan fingerprint density at radius 1 is 0.875 bits per heavy atom. The van der Waals surface area contributed by atoms with E-state index in [1.54, 1.807) is 23.7 Å². The van der Waals surface area contributed by atoms with Crippen molar-refractivity contribution in [3.8, 4) is 0 Å². The highest BCUT2D eigenvalue weighted by atomic mass is 32.2. The molecule has 1 N–H and O–H groups in total. The number of hydrogen-bond acceptors (Lipinski definition) is 3. The highest BCUT2D eigenvalue weighted by Gasteiger charge is 2.29. The third kappa shape index (κ3) is 6.99. The number of carbonyl (C=O) groups is 2. The molecule has 1 unspecified atom stereocenters. The fraction of sp³-hybridized carbons (Fsp3) is 0.259. The molecule has 0 spiro atoms. The summed E-state index contributed by atoms with van der Waals surface area (Å²) in [6.07, 6.45) is 0.474. The molecule has 3 aromatic carbocycles. The van der Waals surface area contributed by atoms with Crippen molar-refractivity contribution in [2.75, 3.05) is 12.8 Å². The fourth-order valence-electron chi connectivity index (χ4n) is 3.64. The van der Waals surface area contributed by atoms with Crippen molar-refractivity contribution < 1.29 is 9.59 Å². The molecule has 5 heteroatoms. The maximum atomic E-state index is 13.4. The standard InChI is InChI=1S/C27H30N2O2S/c1-21-10-9-15-24(16-21)19-32-20-26(30)29(18-23-13-7-4-8-14-23)25(27(31)28-2)17-22-11-5-3-6-12-22/h3-16,25H,17-20H2,1-2H3,(H,28,31). The summed E-state index contributed by atoms with van der Waals surface area (Å²) in [6, 6.07) is 27.4. The Kier molecular flexibility index (Phi) is 8.93. The van der Waals surface area contributed by atoms with Crippen molar-refractivity contribution >= 4 is 23.6 Å². The summed E-state index contributed by atoms with van der Waals surface area (Å²) >= 11 is 1.58. The minimum atomic E-state index is -0.574. The lowest BCUT2D eigenvalue weighted by Crippen LogP contribution is -2.50. The van der Waals surface area contributed by atoms with Crippen LogP contribution in [-0.4, -0.2) is 35.6 Å². The van der Waals surface area contributed by atoms with Crippen LogP contribution >= 0.6 is 11.8 Å². The van der Waals surface area contributed by atoms with Crippen LogP contribution in [-0.2, 0) is 28.3 Å². The number of amides is 2. The molecule has 2 amide bonds. The van der Waals surface area contributed by atoms with Gasteiger partial charge in [0.25, 0.3) is 0 Å². The smallest absolute Gasteiger partial charge is 0.242 e. The van der Waals surface area contributed by atoms with Crippen molar-refractivity contribution in [2.24, 2.45) is 0 Å². The molecule has 0 aliphatic rings. The number of nitrogens with one attached hydrogen (secondary N) is 1. The molecular formula is C27H30N2O2S. The number of thioether (sulfide) groups is 1. The lowest BCUT2D eigenvalue weighted by Gasteiger charge is -2.31. The van der Waals surface area contributed by atoms with Gasteiger partial charge in [0.1, 0.15) is 6.04 Å². The van der Waals surface area contributed by atoms with E-state index in [2.05, 4.69) is 30.4 Å². The summed E-state index contributed by atoms with van der Waals surface area (Å²) in [4.78, 5) is 28.0.